The molecule has 4 aromatic rings. The molecule has 1 atom stereocenters. The van der Waals surface area contributed by atoms with Crippen LogP contribution in [0.4, 0.5) is 22.7 Å². The van der Waals surface area contributed by atoms with Gasteiger partial charge in [0.05, 0.1) is 22.1 Å². The zero-order valence-electron chi connectivity index (χ0n) is 27.7. The maximum Gasteiger partial charge on any atom is 0.212 e. The molecule has 1 N–H and O–H groups in total. The number of hydrogen-bond acceptors (Lipinski definition) is 6. The first-order chi connectivity index (χ1) is 24.0. The molecule has 3 aliphatic rings. The molecule has 0 bridgehead atoms. The van der Waals surface area contributed by atoms with Gasteiger partial charge in [-0.2, -0.15) is 0 Å². The average molecular weight is 908 g/mol. The van der Waals surface area contributed by atoms with Crippen molar-refractivity contribution in [3.8, 4) is 0 Å². The Kier molecular flexibility index (Phi) is 10.9. The lowest BCUT2D eigenvalue weighted by molar-refractivity contribution is 0.186. The van der Waals surface area contributed by atoms with E-state index in [2.05, 4.69) is 189 Å². The van der Waals surface area contributed by atoms with Crippen LogP contribution in [0, 0.1) is 0 Å². The summed E-state index contributed by atoms with van der Waals surface area (Å²) in [7, 11) is 0. The Morgan fingerprint density at radius 1 is 0.776 bits per heavy atom. The number of anilines is 4. The lowest BCUT2D eigenvalue weighted by Crippen LogP contribution is -2.41. The van der Waals surface area contributed by atoms with Crippen LogP contribution in [-0.4, -0.2) is 23.3 Å². The molecule has 0 saturated heterocycles. The van der Waals surface area contributed by atoms with Crippen molar-refractivity contribution in [1.29, 1.82) is 0 Å². The molecule has 2 aliphatic heterocycles. The third kappa shape index (κ3) is 7.00. The molecular formula is C41H39I2N3OS2. The van der Waals surface area contributed by atoms with Crippen LogP contribution >= 0.6 is 68.7 Å². The fraction of sp³-hybridized carbons (Fsp3) is 0.220. The van der Waals surface area contributed by atoms with Crippen LogP contribution in [-0.2, 0) is 8.86 Å². The summed E-state index contributed by atoms with van der Waals surface area (Å²) in [6.07, 6.45) is 10.7. The predicted molar refractivity (Wildman–Crippen MR) is 228 cm³/mol. The Morgan fingerprint density at radius 2 is 1.41 bits per heavy atom. The number of likely N-dealkylation sites (N-methyl/N-ethyl adjacent to an activating group) is 1. The third-order valence-electron chi connectivity index (χ3n) is 9.15. The molecule has 1 unspecified atom stereocenters. The quantitative estimate of drug-likeness (QED) is 0.126. The van der Waals surface area contributed by atoms with Crippen LogP contribution in [0.2, 0.25) is 0 Å². The van der Waals surface area contributed by atoms with Crippen molar-refractivity contribution < 1.29 is 5.11 Å². The Hall–Kier alpha value is -2.64. The number of halogens is 2. The smallest absolute Gasteiger partial charge is 0.212 e. The van der Waals surface area contributed by atoms with Gasteiger partial charge < -0.3 is 19.8 Å². The molecule has 0 aromatic heterocycles. The lowest BCUT2D eigenvalue weighted by Gasteiger charge is -2.31. The Balaban J connectivity index is 1.32. The van der Waals surface area contributed by atoms with Gasteiger partial charge in [0.2, 0.25) is 5.06 Å². The molecule has 250 valence electrons. The second-order valence-electron chi connectivity index (χ2n) is 12.1. The molecule has 2 heterocycles. The summed E-state index contributed by atoms with van der Waals surface area (Å²) in [5.41, 5.74) is 11.0. The first-order valence-electron chi connectivity index (χ1n) is 16.7. The highest BCUT2D eigenvalue weighted by Crippen LogP contribution is 2.51. The molecule has 0 radical (unpaired) electrons. The van der Waals surface area contributed by atoms with Crippen LogP contribution in [0.5, 0.6) is 0 Å². The molecule has 4 nitrogen and oxygen atoms in total. The van der Waals surface area contributed by atoms with E-state index < -0.39 is 5.06 Å². The van der Waals surface area contributed by atoms with E-state index in [0.29, 0.717) is 6.54 Å². The number of nitrogens with zero attached hydrogens (tertiary/aromatic N) is 3. The van der Waals surface area contributed by atoms with E-state index in [1.165, 1.54) is 55.3 Å². The minimum atomic E-state index is -1.16. The number of aliphatic hydroxyl groups is 1. The predicted octanol–water partition coefficient (Wildman–Crippen LogP) is 12.0. The number of allylic oxidation sites excluding steroid dienone is 5. The fourth-order valence-electron chi connectivity index (χ4n) is 6.80. The molecule has 0 amide bonds. The largest absolute Gasteiger partial charge is 0.359 e. The van der Waals surface area contributed by atoms with Crippen molar-refractivity contribution in [2.45, 2.75) is 50.4 Å². The minimum Gasteiger partial charge on any atom is -0.359 e. The number of fused-ring (bicyclic) bond motifs is 2. The van der Waals surface area contributed by atoms with E-state index in [9.17, 15) is 5.11 Å². The van der Waals surface area contributed by atoms with Crippen molar-refractivity contribution in [3.63, 3.8) is 0 Å². The van der Waals surface area contributed by atoms with Gasteiger partial charge in [-0.1, -0.05) is 129 Å². The summed E-state index contributed by atoms with van der Waals surface area (Å²) in [4.78, 5) is 9.38. The van der Waals surface area contributed by atoms with Crippen molar-refractivity contribution in [2.75, 3.05) is 27.8 Å². The molecule has 49 heavy (non-hydrogen) atoms. The number of alkyl halides is 2. The molecular weight excluding hydrogens is 868 g/mol. The molecule has 4 aromatic carbocycles. The van der Waals surface area contributed by atoms with E-state index >= 15 is 0 Å². The molecule has 1 aliphatic carbocycles. The van der Waals surface area contributed by atoms with Gasteiger partial charge in [0.25, 0.3) is 0 Å². The monoisotopic (exact) mass is 907 g/mol. The third-order valence-corrected chi connectivity index (χ3v) is 13.3. The van der Waals surface area contributed by atoms with E-state index in [1.807, 2.05) is 17.8 Å². The zero-order chi connectivity index (χ0) is 34.0. The summed E-state index contributed by atoms with van der Waals surface area (Å²) < 4.78 is 1.95. The molecule has 0 saturated carbocycles. The fourth-order valence-corrected chi connectivity index (χ4v) is 10.1. The van der Waals surface area contributed by atoms with Crippen LogP contribution in [0.3, 0.4) is 0 Å². The van der Waals surface area contributed by atoms with Gasteiger partial charge in [0.1, 0.15) is 0 Å². The van der Waals surface area contributed by atoms with Crippen molar-refractivity contribution >= 4 is 91.5 Å². The second-order valence-corrected chi connectivity index (χ2v) is 16.0. The van der Waals surface area contributed by atoms with E-state index in [0.717, 1.165) is 50.2 Å². The standard InChI is InChI=1S/C41H39I2N3OS2/c1-3-44-35-25-29(27-42)15-20-37(35)48-39(44)22-19-31-17-18-32(40(31)46(33-11-7-5-8-12-33)34-13-9-6-10-14-34)23-24-41(47)45(4-2)36-26-30(28-43)16-21-38(36)49-41/h5-16,19-26,47H,3-4,17-18,27-28H2,1-2H3/b24-23?,31-19?,39-22+. The van der Waals surface area contributed by atoms with E-state index in [1.54, 1.807) is 0 Å². The van der Waals surface area contributed by atoms with E-state index in [-0.39, 0.29) is 0 Å². The van der Waals surface area contributed by atoms with Gasteiger partial charge >= 0.3 is 0 Å². The number of hydrogen-bond donors (Lipinski definition) is 1. The average Bonchev–Trinajstić information content (AvgIpc) is 3.80. The van der Waals surface area contributed by atoms with Gasteiger partial charge in [-0.3, -0.25) is 0 Å². The summed E-state index contributed by atoms with van der Waals surface area (Å²) >= 11 is 8.23. The van der Waals surface area contributed by atoms with E-state index in [4.69, 9.17) is 0 Å². The molecule has 0 fully saturated rings. The number of para-hydroxylation sites is 2. The van der Waals surface area contributed by atoms with Gasteiger partial charge in [-0.05, 0) is 110 Å². The van der Waals surface area contributed by atoms with Crippen molar-refractivity contribution in [3.05, 3.63) is 154 Å². The van der Waals surface area contributed by atoms with Crippen LogP contribution < -0.4 is 14.7 Å². The topological polar surface area (TPSA) is 30.0 Å². The van der Waals surface area contributed by atoms with Gasteiger partial charge in [0.15, 0.2) is 0 Å². The zero-order valence-corrected chi connectivity index (χ0v) is 33.6. The number of rotatable bonds is 10. The Morgan fingerprint density at radius 3 is 2.02 bits per heavy atom. The SMILES string of the molecule is CCN1/C(=C\C=C2CCC(C=CC3(O)Sc4ccc(CI)cc4N3CC)=C2N(c2ccccc2)c2ccccc2)Sc2ccc(CI)cc21. The van der Waals surface area contributed by atoms with Gasteiger partial charge in [-0.15, -0.1) is 0 Å². The first kappa shape index (κ1) is 34.8. The summed E-state index contributed by atoms with van der Waals surface area (Å²) in [6.45, 7) is 5.98. The van der Waals surface area contributed by atoms with Crippen LogP contribution in [0.1, 0.15) is 37.8 Å². The summed E-state index contributed by atoms with van der Waals surface area (Å²) in [6, 6.07) is 34.7. The van der Waals surface area contributed by atoms with Crippen molar-refractivity contribution in [1.82, 2.24) is 0 Å². The maximum absolute atomic E-state index is 12.2. The van der Waals surface area contributed by atoms with Crippen LogP contribution in [0.25, 0.3) is 0 Å². The highest BCUT2D eigenvalue weighted by Gasteiger charge is 2.41. The maximum atomic E-state index is 12.2. The van der Waals surface area contributed by atoms with Gasteiger partial charge in [-0.25, -0.2) is 0 Å². The number of benzene rings is 4. The normalized spacial score (nSPS) is 20.3. The second kappa shape index (κ2) is 15.3. The lowest BCUT2D eigenvalue weighted by atomic mass is 10.1. The summed E-state index contributed by atoms with van der Waals surface area (Å²) in [5.74, 6) is 0. The summed E-state index contributed by atoms with van der Waals surface area (Å²) in [5, 5.41) is 12.3. The highest BCUT2D eigenvalue weighted by molar-refractivity contribution is 14.1. The molecule has 7 rings (SSSR count). The minimum absolute atomic E-state index is 0.712. The van der Waals surface area contributed by atoms with Gasteiger partial charge in [0, 0.05) is 43.1 Å². The Bertz CT molecular complexity index is 1920. The van der Waals surface area contributed by atoms with Crippen LogP contribution in [0.15, 0.2) is 153 Å². The molecule has 8 heteroatoms. The highest BCUT2D eigenvalue weighted by atomic mass is 127. The first-order valence-corrected chi connectivity index (χ1v) is 21.4. The molecule has 0 spiro atoms. The number of thioether (sulfide) groups is 2. The van der Waals surface area contributed by atoms with Crippen molar-refractivity contribution in [2.24, 2.45) is 0 Å². The Labute approximate surface area is 326 Å².